The molecule has 0 radical (unpaired) electrons. The predicted molar refractivity (Wildman–Crippen MR) is 50.0 cm³/mol. The van der Waals surface area contributed by atoms with Gasteiger partial charge in [0, 0.05) is 13.3 Å². The van der Waals surface area contributed by atoms with Gasteiger partial charge in [0.15, 0.2) is 9.84 Å². The van der Waals surface area contributed by atoms with Crippen molar-refractivity contribution < 1.29 is 8.42 Å². The minimum absolute atomic E-state index is 0.294. The summed E-state index contributed by atoms with van der Waals surface area (Å²) in [5.74, 6) is 0. The van der Waals surface area contributed by atoms with Crippen molar-refractivity contribution in [2.45, 2.75) is 4.90 Å². The molecule has 5 heteroatoms. The molecule has 0 spiro atoms. The van der Waals surface area contributed by atoms with Crippen molar-refractivity contribution in [1.29, 1.82) is 0 Å². The van der Waals surface area contributed by atoms with Crippen LogP contribution in [0.4, 0.5) is 5.69 Å². The molecular formula is C8H10N2O2S. The summed E-state index contributed by atoms with van der Waals surface area (Å²) in [5.41, 5.74) is 0.648. The van der Waals surface area contributed by atoms with Crippen molar-refractivity contribution >= 4 is 15.5 Å². The molecule has 0 heterocycles. The SMILES string of the molecule is CN=Nc1ccc(S(C)(=O)=O)cc1. The Morgan fingerprint density at radius 3 is 2.08 bits per heavy atom. The summed E-state index contributed by atoms with van der Waals surface area (Å²) in [6.07, 6.45) is 1.17. The molecule has 0 aliphatic carbocycles. The van der Waals surface area contributed by atoms with E-state index in [1.807, 2.05) is 0 Å². The summed E-state index contributed by atoms with van der Waals surface area (Å²) in [5, 5.41) is 7.33. The van der Waals surface area contributed by atoms with Crippen LogP contribution in [-0.4, -0.2) is 21.7 Å². The summed E-state index contributed by atoms with van der Waals surface area (Å²) < 4.78 is 22.1. The first-order valence-corrected chi connectivity index (χ1v) is 5.53. The molecule has 0 aromatic heterocycles. The van der Waals surface area contributed by atoms with Crippen LogP contribution >= 0.6 is 0 Å². The van der Waals surface area contributed by atoms with Gasteiger partial charge in [0.2, 0.25) is 0 Å². The number of hydrogen-bond donors (Lipinski definition) is 0. The molecule has 4 nitrogen and oxygen atoms in total. The maximum absolute atomic E-state index is 11.0. The number of azo groups is 1. The van der Waals surface area contributed by atoms with E-state index in [9.17, 15) is 8.42 Å². The van der Waals surface area contributed by atoms with E-state index in [-0.39, 0.29) is 0 Å². The minimum atomic E-state index is -3.11. The van der Waals surface area contributed by atoms with E-state index in [2.05, 4.69) is 10.2 Å². The first-order valence-electron chi connectivity index (χ1n) is 3.64. The molecule has 0 atom stereocenters. The van der Waals surface area contributed by atoms with Crippen LogP contribution in [0, 0.1) is 0 Å². The Labute approximate surface area is 77.2 Å². The van der Waals surface area contributed by atoms with E-state index >= 15 is 0 Å². The molecule has 0 N–H and O–H groups in total. The number of sulfone groups is 1. The molecule has 1 aromatic carbocycles. The van der Waals surface area contributed by atoms with Gasteiger partial charge in [-0.15, -0.1) is 0 Å². The predicted octanol–water partition coefficient (Wildman–Crippen LogP) is 1.80. The van der Waals surface area contributed by atoms with Crippen LogP contribution < -0.4 is 0 Å². The summed E-state index contributed by atoms with van der Waals surface area (Å²) in [4.78, 5) is 0.294. The fraction of sp³-hybridized carbons (Fsp3) is 0.250. The van der Waals surface area contributed by atoms with E-state index in [1.54, 1.807) is 19.2 Å². The largest absolute Gasteiger partial charge is 0.224 e. The van der Waals surface area contributed by atoms with Gasteiger partial charge in [0.05, 0.1) is 10.6 Å². The van der Waals surface area contributed by atoms with Crippen LogP contribution in [0.1, 0.15) is 0 Å². The Balaban J connectivity index is 3.08. The second-order valence-electron chi connectivity index (χ2n) is 2.57. The maximum Gasteiger partial charge on any atom is 0.175 e. The second kappa shape index (κ2) is 3.66. The summed E-state index contributed by atoms with van der Waals surface area (Å²) >= 11 is 0. The highest BCUT2D eigenvalue weighted by molar-refractivity contribution is 7.90. The van der Waals surface area contributed by atoms with Crippen LogP contribution in [0.5, 0.6) is 0 Å². The molecule has 0 aliphatic rings. The Kier molecular flexibility index (Phi) is 2.77. The molecule has 1 rings (SSSR count). The average Bonchev–Trinajstić information content (AvgIpc) is 2.04. The van der Waals surface area contributed by atoms with Crippen LogP contribution in [0.2, 0.25) is 0 Å². The zero-order valence-electron chi connectivity index (χ0n) is 7.43. The molecule has 0 bridgehead atoms. The Morgan fingerprint density at radius 1 is 1.15 bits per heavy atom. The van der Waals surface area contributed by atoms with Crippen molar-refractivity contribution in [3.63, 3.8) is 0 Å². The fourth-order valence-corrected chi connectivity index (χ4v) is 1.51. The monoisotopic (exact) mass is 198 g/mol. The van der Waals surface area contributed by atoms with Gasteiger partial charge in [-0.05, 0) is 24.3 Å². The standard InChI is InChI=1S/C8H10N2O2S/c1-9-10-7-3-5-8(6-4-7)13(2,11)12/h3-6H,1-2H3. The minimum Gasteiger partial charge on any atom is -0.224 e. The lowest BCUT2D eigenvalue weighted by Crippen LogP contribution is -1.95. The highest BCUT2D eigenvalue weighted by Crippen LogP contribution is 2.16. The van der Waals surface area contributed by atoms with Gasteiger partial charge < -0.3 is 0 Å². The topological polar surface area (TPSA) is 58.9 Å². The Bertz CT molecular complexity index is 406. The Hall–Kier alpha value is -1.23. The average molecular weight is 198 g/mol. The molecule has 0 unspecified atom stereocenters. The van der Waals surface area contributed by atoms with Crippen molar-refractivity contribution in [2.75, 3.05) is 13.3 Å². The van der Waals surface area contributed by atoms with Crippen LogP contribution in [0.25, 0.3) is 0 Å². The first kappa shape index (κ1) is 9.85. The van der Waals surface area contributed by atoms with Gasteiger partial charge >= 0.3 is 0 Å². The lowest BCUT2D eigenvalue weighted by molar-refractivity contribution is 0.602. The molecule has 0 saturated heterocycles. The second-order valence-corrected chi connectivity index (χ2v) is 4.58. The van der Waals surface area contributed by atoms with Crippen LogP contribution in [0.15, 0.2) is 39.4 Å². The summed E-state index contributed by atoms with van der Waals surface area (Å²) in [6.45, 7) is 0. The molecule has 0 saturated carbocycles. The third kappa shape index (κ3) is 2.62. The van der Waals surface area contributed by atoms with Crippen LogP contribution in [0.3, 0.4) is 0 Å². The van der Waals surface area contributed by atoms with Gasteiger partial charge in [-0.2, -0.15) is 10.2 Å². The number of benzene rings is 1. The zero-order valence-corrected chi connectivity index (χ0v) is 8.25. The maximum atomic E-state index is 11.0. The highest BCUT2D eigenvalue weighted by Gasteiger charge is 2.05. The number of rotatable bonds is 2. The van der Waals surface area contributed by atoms with E-state index in [4.69, 9.17) is 0 Å². The summed E-state index contributed by atoms with van der Waals surface area (Å²) in [6, 6.07) is 6.26. The molecule has 0 aliphatic heterocycles. The highest BCUT2D eigenvalue weighted by atomic mass is 32.2. The van der Waals surface area contributed by atoms with Crippen molar-refractivity contribution in [1.82, 2.24) is 0 Å². The van der Waals surface area contributed by atoms with Crippen molar-refractivity contribution in [3.8, 4) is 0 Å². The lowest BCUT2D eigenvalue weighted by Gasteiger charge is -1.96. The van der Waals surface area contributed by atoms with E-state index in [1.165, 1.54) is 18.4 Å². The summed E-state index contributed by atoms with van der Waals surface area (Å²) in [7, 11) is -1.55. The van der Waals surface area contributed by atoms with E-state index < -0.39 is 9.84 Å². The molecule has 0 fully saturated rings. The molecule has 70 valence electrons. The van der Waals surface area contributed by atoms with Crippen LogP contribution in [-0.2, 0) is 9.84 Å². The quantitative estimate of drug-likeness (QED) is 0.680. The third-order valence-corrected chi connectivity index (χ3v) is 2.61. The molecule has 1 aromatic rings. The van der Waals surface area contributed by atoms with E-state index in [0.717, 1.165) is 0 Å². The van der Waals surface area contributed by atoms with Crippen molar-refractivity contribution in [3.05, 3.63) is 24.3 Å². The molecule has 13 heavy (non-hydrogen) atoms. The lowest BCUT2D eigenvalue weighted by atomic mass is 10.3. The van der Waals surface area contributed by atoms with Gasteiger partial charge in [-0.25, -0.2) is 8.42 Å². The van der Waals surface area contributed by atoms with Gasteiger partial charge in [-0.1, -0.05) is 0 Å². The normalized spacial score (nSPS) is 12.2. The van der Waals surface area contributed by atoms with E-state index in [0.29, 0.717) is 10.6 Å². The number of hydrogen-bond acceptors (Lipinski definition) is 4. The first-order chi connectivity index (χ1) is 6.04. The van der Waals surface area contributed by atoms with Gasteiger partial charge in [-0.3, -0.25) is 0 Å². The smallest absolute Gasteiger partial charge is 0.175 e. The van der Waals surface area contributed by atoms with Gasteiger partial charge in [0.25, 0.3) is 0 Å². The van der Waals surface area contributed by atoms with Gasteiger partial charge in [0.1, 0.15) is 0 Å². The molecular weight excluding hydrogens is 188 g/mol. The fourth-order valence-electron chi connectivity index (χ4n) is 0.875. The third-order valence-electron chi connectivity index (χ3n) is 1.48. The zero-order chi connectivity index (χ0) is 9.90. The number of nitrogens with zero attached hydrogens (tertiary/aromatic N) is 2. The molecule has 0 amide bonds. The Morgan fingerprint density at radius 2 is 1.69 bits per heavy atom. The van der Waals surface area contributed by atoms with Crippen molar-refractivity contribution in [2.24, 2.45) is 10.2 Å².